The Kier molecular flexibility index (Phi) is 5.82. The van der Waals surface area contributed by atoms with E-state index in [0.717, 1.165) is 17.9 Å². The molecule has 0 aliphatic heterocycles. The van der Waals surface area contributed by atoms with Gasteiger partial charge in [-0.25, -0.2) is 0 Å². The molecule has 1 rings (SSSR count). The third kappa shape index (κ3) is 4.16. The van der Waals surface area contributed by atoms with Crippen molar-refractivity contribution in [3.8, 4) is 5.75 Å². The Morgan fingerprint density at radius 1 is 1.31 bits per heavy atom. The maximum Gasteiger partial charge on any atom is 0.137 e. The summed E-state index contributed by atoms with van der Waals surface area (Å²) in [6, 6.07) is 3.81. The lowest BCUT2D eigenvalue weighted by atomic mass is 10.1. The van der Waals surface area contributed by atoms with Crippen LogP contribution in [0.3, 0.4) is 0 Å². The Hall–Kier alpha value is -1.13. The molecule has 1 heterocycles. The molecule has 0 aliphatic rings. The van der Waals surface area contributed by atoms with Gasteiger partial charge in [-0.05, 0) is 25.5 Å². The summed E-state index contributed by atoms with van der Waals surface area (Å²) in [5.74, 6) is 0.756. The fraction of sp³-hybridized carbons (Fsp3) is 0.583. The number of hydrogen-bond acceptors (Lipinski definition) is 4. The summed E-state index contributed by atoms with van der Waals surface area (Å²) in [4.78, 5) is 4.26. The summed E-state index contributed by atoms with van der Waals surface area (Å²) in [7, 11) is 0. The van der Waals surface area contributed by atoms with E-state index in [1.165, 1.54) is 0 Å². The monoisotopic (exact) mass is 224 g/mol. The molecular formula is C12H20N2O2. The summed E-state index contributed by atoms with van der Waals surface area (Å²) >= 11 is 0. The number of ether oxygens (including phenoxy) is 2. The van der Waals surface area contributed by atoms with Crippen LogP contribution < -0.4 is 10.5 Å². The first-order valence-electron chi connectivity index (χ1n) is 5.70. The first-order valence-corrected chi connectivity index (χ1v) is 5.70. The summed E-state index contributed by atoms with van der Waals surface area (Å²) in [5.41, 5.74) is 6.76. The molecule has 16 heavy (non-hydrogen) atoms. The van der Waals surface area contributed by atoms with Crippen molar-refractivity contribution >= 4 is 0 Å². The van der Waals surface area contributed by atoms with E-state index < -0.39 is 0 Å². The van der Waals surface area contributed by atoms with E-state index in [1.54, 1.807) is 6.20 Å². The van der Waals surface area contributed by atoms with Gasteiger partial charge in [-0.15, -0.1) is 0 Å². The van der Waals surface area contributed by atoms with E-state index in [9.17, 15) is 0 Å². The van der Waals surface area contributed by atoms with Gasteiger partial charge in [-0.3, -0.25) is 4.98 Å². The van der Waals surface area contributed by atoms with Crippen molar-refractivity contribution < 1.29 is 9.47 Å². The largest absolute Gasteiger partial charge is 0.490 e. The highest BCUT2D eigenvalue weighted by molar-refractivity contribution is 5.21. The summed E-state index contributed by atoms with van der Waals surface area (Å²) < 4.78 is 10.6. The Labute approximate surface area is 96.8 Å². The smallest absolute Gasteiger partial charge is 0.137 e. The fourth-order valence-corrected chi connectivity index (χ4v) is 1.27. The Balaban J connectivity index is 2.39. The van der Waals surface area contributed by atoms with E-state index in [-0.39, 0.29) is 6.04 Å². The molecule has 90 valence electrons. The van der Waals surface area contributed by atoms with E-state index in [4.69, 9.17) is 15.2 Å². The number of rotatable bonds is 7. The van der Waals surface area contributed by atoms with Crippen LogP contribution in [-0.2, 0) is 4.74 Å². The minimum atomic E-state index is 0.0116. The second-order valence-electron chi connectivity index (χ2n) is 3.48. The summed E-state index contributed by atoms with van der Waals surface area (Å²) in [5, 5.41) is 0. The Morgan fingerprint density at radius 3 is 2.69 bits per heavy atom. The quantitative estimate of drug-likeness (QED) is 0.719. The summed E-state index contributed by atoms with van der Waals surface area (Å²) in [6.07, 6.45) is 2.59. The molecule has 1 aromatic rings. The molecule has 0 aliphatic carbocycles. The van der Waals surface area contributed by atoms with Gasteiger partial charge in [0, 0.05) is 12.6 Å². The molecule has 0 aromatic carbocycles. The third-order valence-corrected chi connectivity index (χ3v) is 2.28. The predicted octanol–water partition coefficient (Wildman–Crippen LogP) is 1.91. The topological polar surface area (TPSA) is 57.4 Å². The van der Waals surface area contributed by atoms with Crippen LogP contribution in [0.1, 0.15) is 32.0 Å². The van der Waals surface area contributed by atoms with Gasteiger partial charge in [-0.1, -0.05) is 6.92 Å². The number of aromatic nitrogens is 1. The van der Waals surface area contributed by atoms with Crippen LogP contribution in [0.4, 0.5) is 0 Å². The second-order valence-corrected chi connectivity index (χ2v) is 3.48. The van der Waals surface area contributed by atoms with Gasteiger partial charge in [0.05, 0.1) is 18.5 Å². The third-order valence-electron chi connectivity index (χ3n) is 2.28. The molecular weight excluding hydrogens is 204 g/mol. The van der Waals surface area contributed by atoms with E-state index >= 15 is 0 Å². The van der Waals surface area contributed by atoms with E-state index in [0.29, 0.717) is 19.8 Å². The van der Waals surface area contributed by atoms with Crippen molar-refractivity contribution in [2.75, 3.05) is 19.8 Å². The van der Waals surface area contributed by atoms with Gasteiger partial charge in [0.15, 0.2) is 0 Å². The van der Waals surface area contributed by atoms with Gasteiger partial charge < -0.3 is 15.2 Å². The minimum Gasteiger partial charge on any atom is -0.490 e. The lowest BCUT2D eigenvalue weighted by Crippen LogP contribution is -2.11. The zero-order chi connectivity index (χ0) is 11.8. The molecule has 2 N–H and O–H groups in total. The lowest BCUT2D eigenvalue weighted by molar-refractivity contribution is 0.110. The zero-order valence-corrected chi connectivity index (χ0v) is 9.98. The Bertz CT molecular complexity index is 288. The highest BCUT2D eigenvalue weighted by Gasteiger charge is 2.04. The zero-order valence-electron chi connectivity index (χ0n) is 9.98. The van der Waals surface area contributed by atoms with Crippen molar-refractivity contribution in [2.45, 2.75) is 26.3 Å². The number of hydrogen-bond donors (Lipinski definition) is 1. The maximum absolute atomic E-state index is 5.86. The number of nitrogens with two attached hydrogens (primary N) is 1. The highest BCUT2D eigenvalue weighted by atomic mass is 16.5. The molecule has 0 spiro atoms. The molecule has 0 radical (unpaired) electrons. The number of nitrogens with zero attached hydrogens (tertiary/aromatic N) is 1. The van der Waals surface area contributed by atoms with Crippen LogP contribution in [-0.4, -0.2) is 24.8 Å². The van der Waals surface area contributed by atoms with E-state index in [1.807, 2.05) is 26.0 Å². The van der Waals surface area contributed by atoms with Crippen molar-refractivity contribution in [2.24, 2.45) is 5.73 Å². The molecule has 1 aromatic heterocycles. The molecule has 0 saturated carbocycles. The minimum absolute atomic E-state index is 0.0116. The molecule has 1 atom stereocenters. The molecule has 0 amide bonds. The van der Waals surface area contributed by atoms with Crippen LogP contribution in [0.15, 0.2) is 18.3 Å². The van der Waals surface area contributed by atoms with E-state index in [2.05, 4.69) is 4.98 Å². The maximum atomic E-state index is 5.86. The predicted molar refractivity (Wildman–Crippen MR) is 63.4 cm³/mol. The first kappa shape index (κ1) is 12.9. The second kappa shape index (κ2) is 7.19. The number of pyridine rings is 1. The molecule has 0 fully saturated rings. The summed E-state index contributed by atoms with van der Waals surface area (Å²) in [6.45, 7) is 5.87. The van der Waals surface area contributed by atoms with Crippen LogP contribution in [0.25, 0.3) is 0 Å². The van der Waals surface area contributed by atoms with Crippen molar-refractivity contribution in [1.29, 1.82) is 0 Å². The molecule has 0 saturated heterocycles. The average molecular weight is 224 g/mol. The van der Waals surface area contributed by atoms with Crippen LogP contribution in [0.5, 0.6) is 5.75 Å². The van der Waals surface area contributed by atoms with Crippen LogP contribution in [0.2, 0.25) is 0 Å². The standard InChI is InChI=1S/C12H20N2O2/c1-3-11(13)12-6-5-10(9-14-12)16-8-7-15-4-2/h5-6,9,11H,3-4,7-8,13H2,1-2H3. The van der Waals surface area contributed by atoms with Crippen molar-refractivity contribution in [3.63, 3.8) is 0 Å². The van der Waals surface area contributed by atoms with Gasteiger partial charge in [0.25, 0.3) is 0 Å². The van der Waals surface area contributed by atoms with Gasteiger partial charge in [0.2, 0.25) is 0 Å². The first-order chi connectivity index (χ1) is 7.77. The molecule has 0 bridgehead atoms. The molecule has 4 nitrogen and oxygen atoms in total. The van der Waals surface area contributed by atoms with Crippen molar-refractivity contribution in [1.82, 2.24) is 4.98 Å². The molecule has 4 heteroatoms. The van der Waals surface area contributed by atoms with Gasteiger partial charge in [-0.2, -0.15) is 0 Å². The fourth-order valence-electron chi connectivity index (χ4n) is 1.27. The van der Waals surface area contributed by atoms with Gasteiger partial charge in [0.1, 0.15) is 12.4 Å². The lowest BCUT2D eigenvalue weighted by Gasteiger charge is -2.09. The van der Waals surface area contributed by atoms with Crippen LogP contribution in [0, 0.1) is 0 Å². The Morgan fingerprint density at radius 2 is 2.12 bits per heavy atom. The van der Waals surface area contributed by atoms with Gasteiger partial charge >= 0.3 is 0 Å². The SMILES string of the molecule is CCOCCOc1ccc(C(N)CC)nc1. The normalized spacial score (nSPS) is 12.4. The van der Waals surface area contributed by atoms with Crippen LogP contribution >= 0.6 is 0 Å². The average Bonchev–Trinajstić information content (AvgIpc) is 2.34. The van der Waals surface area contributed by atoms with Crippen molar-refractivity contribution in [3.05, 3.63) is 24.0 Å². The highest BCUT2D eigenvalue weighted by Crippen LogP contribution is 2.14. The molecule has 1 unspecified atom stereocenters.